The number of ether oxygens (including phenoxy) is 1. The zero-order valence-corrected chi connectivity index (χ0v) is 12.9. The van der Waals surface area contributed by atoms with Crippen molar-refractivity contribution >= 4 is 23.2 Å². The molecule has 0 amide bonds. The fourth-order valence-electron chi connectivity index (χ4n) is 2.04. The van der Waals surface area contributed by atoms with E-state index in [4.69, 9.17) is 33.7 Å². The summed E-state index contributed by atoms with van der Waals surface area (Å²) >= 11 is 12.0. The number of aryl methyl sites for hydroxylation is 1. The highest BCUT2D eigenvalue weighted by Crippen LogP contribution is 2.29. The van der Waals surface area contributed by atoms with Gasteiger partial charge in [0.25, 0.3) is 0 Å². The minimum atomic E-state index is -0.256. The third-order valence-corrected chi connectivity index (χ3v) is 3.52. The first kappa shape index (κ1) is 15.2. The Hall–Kier alpha value is -1.22. The summed E-state index contributed by atoms with van der Waals surface area (Å²) in [6.07, 6.45) is -0.256. The molecule has 0 radical (unpaired) electrons. The molecule has 2 nitrogen and oxygen atoms in total. The summed E-state index contributed by atoms with van der Waals surface area (Å²) in [6, 6.07) is 12.9. The number of halogens is 2. The van der Waals surface area contributed by atoms with Crippen LogP contribution in [0.4, 0.5) is 0 Å². The van der Waals surface area contributed by atoms with Gasteiger partial charge >= 0.3 is 0 Å². The fraction of sp³-hybridized carbons (Fsp3) is 0.250. The fourth-order valence-corrected chi connectivity index (χ4v) is 2.47. The van der Waals surface area contributed by atoms with Crippen molar-refractivity contribution in [2.24, 2.45) is 5.73 Å². The molecule has 0 saturated heterocycles. The van der Waals surface area contributed by atoms with Crippen LogP contribution >= 0.6 is 23.2 Å². The zero-order chi connectivity index (χ0) is 14.7. The maximum atomic E-state index is 6.06. The molecule has 0 heterocycles. The summed E-state index contributed by atoms with van der Waals surface area (Å²) in [5.74, 6) is 0.775. The van der Waals surface area contributed by atoms with Gasteiger partial charge in [0.1, 0.15) is 11.9 Å². The predicted molar refractivity (Wildman–Crippen MR) is 84.7 cm³/mol. The van der Waals surface area contributed by atoms with Gasteiger partial charge in [-0.3, -0.25) is 0 Å². The first-order valence-corrected chi connectivity index (χ1v) is 7.17. The summed E-state index contributed by atoms with van der Waals surface area (Å²) < 4.78 is 6.06. The van der Waals surface area contributed by atoms with Crippen LogP contribution in [0, 0.1) is 6.92 Å². The Balaban J connectivity index is 2.30. The molecule has 2 rings (SSSR count). The van der Waals surface area contributed by atoms with Crippen LogP contribution in [-0.2, 0) is 0 Å². The van der Waals surface area contributed by atoms with E-state index >= 15 is 0 Å². The van der Waals surface area contributed by atoms with Gasteiger partial charge in [-0.15, -0.1) is 0 Å². The standard InChI is InChI=1S/C16H17Cl2NO/c1-10-8-14(18)6-7-15(10)20-16(11(2)19)12-4-3-5-13(17)9-12/h3-9,11,16H,19H2,1-2H3. The highest BCUT2D eigenvalue weighted by molar-refractivity contribution is 6.30. The van der Waals surface area contributed by atoms with Crippen molar-refractivity contribution in [3.8, 4) is 5.75 Å². The second-order valence-electron chi connectivity index (χ2n) is 4.86. The average molecular weight is 310 g/mol. The van der Waals surface area contributed by atoms with Gasteiger partial charge in [-0.1, -0.05) is 35.3 Å². The van der Waals surface area contributed by atoms with E-state index in [2.05, 4.69) is 0 Å². The third-order valence-electron chi connectivity index (χ3n) is 3.05. The second kappa shape index (κ2) is 6.49. The van der Waals surface area contributed by atoms with Gasteiger partial charge in [0.15, 0.2) is 0 Å². The molecule has 4 heteroatoms. The van der Waals surface area contributed by atoms with E-state index in [1.165, 1.54) is 0 Å². The van der Waals surface area contributed by atoms with Gasteiger partial charge in [-0.2, -0.15) is 0 Å². The quantitative estimate of drug-likeness (QED) is 0.883. The lowest BCUT2D eigenvalue weighted by atomic mass is 10.0. The normalized spacial score (nSPS) is 13.8. The molecule has 20 heavy (non-hydrogen) atoms. The van der Waals surface area contributed by atoms with E-state index in [1.54, 1.807) is 6.07 Å². The van der Waals surface area contributed by atoms with Crippen molar-refractivity contribution < 1.29 is 4.74 Å². The summed E-state index contributed by atoms with van der Waals surface area (Å²) in [6.45, 7) is 3.87. The molecule has 106 valence electrons. The van der Waals surface area contributed by atoms with Crippen LogP contribution in [0.1, 0.15) is 24.2 Å². The lowest BCUT2D eigenvalue weighted by Crippen LogP contribution is -2.29. The van der Waals surface area contributed by atoms with Crippen molar-refractivity contribution in [1.82, 2.24) is 0 Å². The molecular formula is C16H17Cl2NO. The minimum Gasteiger partial charge on any atom is -0.484 e. The summed E-state index contributed by atoms with van der Waals surface area (Å²) in [5, 5.41) is 1.36. The van der Waals surface area contributed by atoms with Crippen molar-refractivity contribution in [2.45, 2.75) is 26.0 Å². The van der Waals surface area contributed by atoms with Crippen LogP contribution in [0.5, 0.6) is 5.75 Å². The monoisotopic (exact) mass is 309 g/mol. The molecule has 0 aromatic heterocycles. The molecule has 2 aromatic carbocycles. The van der Waals surface area contributed by atoms with Crippen molar-refractivity contribution in [1.29, 1.82) is 0 Å². The average Bonchev–Trinajstić information content (AvgIpc) is 2.37. The molecule has 2 unspecified atom stereocenters. The molecular weight excluding hydrogens is 293 g/mol. The van der Waals surface area contributed by atoms with Crippen molar-refractivity contribution in [2.75, 3.05) is 0 Å². The predicted octanol–water partition coefficient (Wildman–Crippen LogP) is 4.77. The van der Waals surface area contributed by atoms with Gasteiger partial charge in [-0.25, -0.2) is 0 Å². The first-order valence-electron chi connectivity index (χ1n) is 6.41. The van der Waals surface area contributed by atoms with Gasteiger partial charge < -0.3 is 10.5 Å². The van der Waals surface area contributed by atoms with Gasteiger partial charge in [0, 0.05) is 16.1 Å². The zero-order valence-electron chi connectivity index (χ0n) is 11.4. The van der Waals surface area contributed by atoms with E-state index in [0.717, 1.165) is 16.9 Å². The number of rotatable bonds is 4. The van der Waals surface area contributed by atoms with Crippen LogP contribution < -0.4 is 10.5 Å². The lowest BCUT2D eigenvalue weighted by molar-refractivity contribution is 0.179. The Labute approximate surface area is 129 Å². The Morgan fingerprint density at radius 2 is 1.75 bits per heavy atom. The molecule has 0 aliphatic carbocycles. The Morgan fingerprint density at radius 1 is 1.05 bits per heavy atom. The largest absolute Gasteiger partial charge is 0.484 e. The molecule has 0 bridgehead atoms. The van der Waals surface area contributed by atoms with Gasteiger partial charge in [0.05, 0.1) is 0 Å². The Kier molecular flexibility index (Phi) is 4.92. The van der Waals surface area contributed by atoms with Crippen LogP contribution in [0.25, 0.3) is 0 Å². The van der Waals surface area contributed by atoms with Crippen molar-refractivity contribution in [3.05, 3.63) is 63.6 Å². The molecule has 2 N–H and O–H groups in total. The van der Waals surface area contributed by atoms with Crippen LogP contribution in [-0.4, -0.2) is 6.04 Å². The van der Waals surface area contributed by atoms with Gasteiger partial charge in [-0.05, 0) is 55.3 Å². The van der Waals surface area contributed by atoms with E-state index in [0.29, 0.717) is 10.0 Å². The van der Waals surface area contributed by atoms with Gasteiger partial charge in [0.2, 0.25) is 0 Å². The van der Waals surface area contributed by atoms with E-state index in [-0.39, 0.29) is 12.1 Å². The summed E-state index contributed by atoms with van der Waals surface area (Å²) in [5.41, 5.74) is 7.99. The second-order valence-corrected chi connectivity index (χ2v) is 5.74. The molecule has 0 aliphatic rings. The van der Waals surface area contributed by atoms with E-state index in [9.17, 15) is 0 Å². The van der Waals surface area contributed by atoms with E-state index in [1.807, 2.05) is 50.2 Å². The summed E-state index contributed by atoms with van der Waals surface area (Å²) in [7, 11) is 0. The Morgan fingerprint density at radius 3 is 2.35 bits per heavy atom. The number of hydrogen-bond acceptors (Lipinski definition) is 2. The highest BCUT2D eigenvalue weighted by atomic mass is 35.5. The molecule has 0 saturated carbocycles. The number of benzene rings is 2. The SMILES string of the molecule is Cc1cc(Cl)ccc1OC(c1cccc(Cl)c1)C(C)N. The van der Waals surface area contributed by atoms with Crippen LogP contribution in [0.15, 0.2) is 42.5 Å². The smallest absolute Gasteiger partial charge is 0.139 e. The molecule has 2 atom stereocenters. The van der Waals surface area contributed by atoms with E-state index < -0.39 is 0 Å². The lowest BCUT2D eigenvalue weighted by Gasteiger charge is -2.24. The summed E-state index contributed by atoms with van der Waals surface area (Å²) in [4.78, 5) is 0. The number of nitrogens with two attached hydrogens (primary N) is 1. The third kappa shape index (κ3) is 3.66. The van der Waals surface area contributed by atoms with Crippen molar-refractivity contribution in [3.63, 3.8) is 0 Å². The minimum absolute atomic E-state index is 0.163. The Bertz CT molecular complexity index is 599. The van der Waals surface area contributed by atoms with Crippen LogP contribution in [0.3, 0.4) is 0 Å². The van der Waals surface area contributed by atoms with Crippen LogP contribution in [0.2, 0.25) is 10.0 Å². The molecule has 0 aliphatic heterocycles. The molecule has 0 spiro atoms. The maximum Gasteiger partial charge on any atom is 0.139 e. The first-order chi connectivity index (χ1) is 9.47. The molecule has 2 aromatic rings. The number of hydrogen-bond donors (Lipinski definition) is 1. The molecule has 0 fully saturated rings. The topological polar surface area (TPSA) is 35.2 Å². The highest BCUT2D eigenvalue weighted by Gasteiger charge is 2.19. The maximum absolute atomic E-state index is 6.06.